The molecule has 2 heteroatoms. The zero-order valence-corrected chi connectivity index (χ0v) is 10.9. The molecule has 0 amide bonds. The summed E-state index contributed by atoms with van der Waals surface area (Å²) in [4.78, 5) is 0. The molecular weight excluding hydrogens is 196 g/mol. The van der Waals surface area contributed by atoms with E-state index in [1.54, 1.807) is 0 Å². The first-order chi connectivity index (χ1) is 7.38. The number of benzene rings is 1. The Morgan fingerprint density at radius 2 is 1.94 bits per heavy atom. The number of hydrogen-bond donors (Lipinski definition) is 2. The maximum atomic E-state index is 5.90. The van der Waals surface area contributed by atoms with E-state index in [-0.39, 0.29) is 5.54 Å². The molecule has 1 rings (SSSR count). The van der Waals surface area contributed by atoms with E-state index in [1.807, 2.05) is 13.8 Å². The van der Waals surface area contributed by atoms with Crippen LogP contribution in [0.25, 0.3) is 0 Å². The normalized spacial score (nSPS) is 11.8. The van der Waals surface area contributed by atoms with Gasteiger partial charge in [-0.2, -0.15) is 0 Å². The molecule has 0 unspecified atom stereocenters. The van der Waals surface area contributed by atoms with E-state index in [4.69, 9.17) is 5.73 Å². The van der Waals surface area contributed by atoms with Crippen molar-refractivity contribution in [2.75, 3.05) is 13.1 Å². The van der Waals surface area contributed by atoms with Gasteiger partial charge >= 0.3 is 0 Å². The first-order valence-electron chi connectivity index (χ1n) is 5.94. The second-order valence-electron chi connectivity index (χ2n) is 5.35. The van der Waals surface area contributed by atoms with E-state index in [2.05, 4.69) is 37.4 Å². The Morgan fingerprint density at radius 1 is 1.25 bits per heavy atom. The molecule has 0 aliphatic heterocycles. The highest BCUT2D eigenvalue weighted by Crippen LogP contribution is 2.10. The lowest BCUT2D eigenvalue weighted by Gasteiger charge is -2.19. The van der Waals surface area contributed by atoms with E-state index in [0.29, 0.717) is 0 Å². The first kappa shape index (κ1) is 13.2. The van der Waals surface area contributed by atoms with E-state index in [0.717, 1.165) is 19.5 Å². The lowest BCUT2D eigenvalue weighted by Crippen LogP contribution is -2.43. The molecule has 0 radical (unpaired) electrons. The molecule has 0 heterocycles. The van der Waals surface area contributed by atoms with Crippen LogP contribution in [-0.4, -0.2) is 18.6 Å². The van der Waals surface area contributed by atoms with Gasteiger partial charge in [0.1, 0.15) is 0 Å². The van der Waals surface area contributed by atoms with Gasteiger partial charge in [-0.15, -0.1) is 0 Å². The summed E-state index contributed by atoms with van der Waals surface area (Å²) in [6, 6.07) is 6.64. The standard InChI is InChI=1S/C14H24N2/c1-11-5-6-13(12(2)9-11)7-8-16-10-14(3,4)15/h5-6,9,16H,7-8,10,15H2,1-4H3. The molecule has 0 aromatic heterocycles. The minimum Gasteiger partial charge on any atom is -0.324 e. The second kappa shape index (κ2) is 5.46. The topological polar surface area (TPSA) is 38.0 Å². The fraction of sp³-hybridized carbons (Fsp3) is 0.571. The largest absolute Gasteiger partial charge is 0.324 e. The molecule has 1 aromatic carbocycles. The van der Waals surface area contributed by atoms with Gasteiger partial charge in [-0.05, 0) is 51.8 Å². The molecule has 1 aromatic rings. The molecule has 0 aliphatic rings. The van der Waals surface area contributed by atoms with Gasteiger partial charge in [-0.25, -0.2) is 0 Å². The maximum Gasteiger partial charge on any atom is 0.0223 e. The zero-order valence-electron chi connectivity index (χ0n) is 10.9. The lowest BCUT2D eigenvalue weighted by atomic mass is 10.0. The highest BCUT2D eigenvalue weighted by molar-refractivity contribution is 5.30. The second-order valence-corrected chi connectivity index (χ2v) is 5.35. The van der Waals surface area contributed by atoms with Crippen LogP contribution in [0.5, 0.6) is 0 Å². The first-order valence-corrected chi connectivity index (χ1v) is 5.94. The third-order valence-electron chi connectivity index (χ3n) is 2.65. The Bertz CT molecular complexity index is 337. The Labute approximate surface area is 99.2 Å². The van der Waals surface area contributed by atoms with Crippen molar-refractivity contribution in [2.24, 2.45) is 5.73 Å². The monoisotopic (exact) mass is 220 g/mol. The van der Waals surface area contributed by atoms with Crippen LogP contribution in [0.1, 0.15) is 30.5 Å². The average Bonchev–Trinajstić information content (AvgIpc) is 2.13. The van der Waals surface area contributed by atoms with Crippen LogP contribution in [0.15, 0.2) is 18.2 Å². The molecule has 16 heavy (non-hydrogen) atoms. The molecule has 0 fully saturated rings. The van der Waals surface area contributed by atoms with E-state index >= 15 is 0 Å². The molecule has 3 N–H and O–H groups in total. The van der Waals surface area contributed by atoms with Gasteiger partial charge in [-0.3, -0.25) is 0 Å². The van der Waals surface area contributed by atoms with E-state index in [1.165, 1.54) is 16.7 Å². The van der Waals surface area contributed by atoms with Crippen molar-refractivity contribution in [3.05, 3.63) is 34.9 Å². The molecule has 0 spiro atoms. The van der Waals surface area contributed by atoms with Gasteiger partial charge in [0, 0.05) is 12.1 Å². The van der Waals surface area contributed by atoms with Crippen LogP contribution in [-0.2, 0) is 6.42 Å². The van der Waals surface area contributed by atoms with Crippen LogP contribution in [0.4, 0.5) is 0 Å². The smallest absolute Gasteiger partial charge is 0.0223 e. The summed E-state index contributed by atoms with van der Waals surface area (Å²) in [5, 5.41) is 3.39. The van der Waals surface area contributed by atoms with Gasteiger partial charge in [0.25, 0.3) is 0 Å². The van der Waals surface area contributed by atoms with Crippen LogP contribution in [0.3, 0.4) is 0 Å². The highest BCUT2D eigenvalue weighted by Gasteiger charge is 2.08. The van der Waals surface area contributed by atoms with Gasteiger partial charge < -0.3 is 11.1 Å². The third kappa shape index (κ3) is 4.77. The van der Waals surface area contributed by atoms with E-state index < -0.39 is 0 Å². The summed E-state index contributed by atoms with van der Waals surface area (Å²) in [7, 11) is 0. The Hall–Kier alpha value is -0.860. The Balaban J connectivity index is 2.38. The third-order valence-corrected chi connectivity index (χ3v) is 2.65. The minimum atomic E-state index is -0.123. The summed E-state index contributed by atoms with van der Waals surface area (Å²) in [5.41, 5.74) is 9.92. The lowest BCUT2D eigenvalue weighted by molar-refractivity contribution is 0.469. The van der Waals surface area contributed by atoms with Crippen LogP contribution >= 0.6 is 0 Å². The molecule has 0 atom stereocenters. The average molecular weight is 220 g/mol. The summed E-state index contributed by atoms with van der Waals surface area (Å²) in [5.74, 6) is 0. The Kier molecular flexibility index (Phi) is 4.51. The number of aryl methyl sites for hydroxylation is 2. The molecule has 0 bridgehead atoms. The zero-order chi connectivity index (χ0) is 12.2. The van der Waals surface area contributed by atoms with Gasteiger partial charge in [0.2, 0.25) is 0 Å². The van der Waals surface area contributed by atoms with Crippen molar-refractivity contribution in [3.63, 3.8) is 0 Å². The highest BCUT2D eigenvalue weighted by atomic mass is 14.9. The fourth-order valence-electron chi connectivity index (χ4n) is 1.76. The molecule has 0 aliphatic carbocycles. The van der Waals surface area contributed by atoms with Crippen molar-refractivity contribution in [1.82, 2.24) is 5.32 Å². The van der Waals surface area contributed by atoms with Crippen LogP contribution < -0.4 is 11.1 Å². The molecule has 0 saturated carbocycles. The van der Waals surface area contributed by atoms with Gasteiger partial charge in [-0.1, -0.05) is 23.8 Å². The number of hydrogen-bond acceptors (Lipinski definition) is 2. The van der Waals surface area contributed by atoms with Crippen LogP contribution in [0.2, 0.25) is 0 Å². The van der Waals surface area contributed by atoms with Gasteiger partial charge in [0.05, 0.1) is 0 Å². The van der Waals surface area contributed by atoms with Gasteiger partial charge in [0.15, 0.2) is 0 Å². The number of rotatable bonds is 5. The van der Waals surface area contributed by atoms with Crippen molar-refractivity contribution in [2.45, 2.75) is 39.7 Å². The summed E-state index contributed by atoms with van der Waals surface area (Å²) in [6.07, 6.45) is 1.07. The van der Waals surface area contributed by atoms with Crippen LogP contribution in [0, 0.1) is 13.8 Å². The molecular formula is C14H24N2. The van der Waals surface area contributed by atoms with Crippen molar-refractivity contribution < 1.29 is 0 Å². The quantitative estimate of drug-likeness (QED) is 0.746. The van der Waals surface area contributed by atoms with Crippen molar-refractivity contribution in [1.29, 1.82) is 0 Å². The van der Waals surface area contributed by atoms with E-state index in [9.17, 15) is 0 Å². The predicted molar refractivity (Wildman–Crippen MR) is 70.8 cm³/mol. The molecule has 0 saturated heterocycles. The molecule has 2 nitrogen and oxygen atoms in total. The minimum absolute atomic E-state index is 0.123. The predicted octanol–water partition coefficient (Wildman–Crippen LogP) is 2.17. The summed E-state index contributed by atoms with van der Waals surface area (Å²) < 4.78 is 0. The Morgan fingerprint density at radius 3 is 2.50 bits per heavy atom. The number of nitrogens with one attached hydrogen (secondary N) is 1. The van der Waals surface area contributed by atoms with Crippen molar-refractivity contribution >= 4 is 0 Å². The van der Waals surface area contributed by atoms with Crippen molar-refractivity contribution in [3.8, 4) is 0 Å². The number of nitrogens with two attached hydrogens (primary N) is 1. The summed E-state index contributed by atoms with van der Waals surface area (Å²) in [6.45, 7) is 10.2. The maximum absolute atomic E-state index is 5.90. The SMILES string of the molecule is Cc1ccc(CCNCC(C)(C)N)c(C)c1. The summed E-state index contributed by atoms with van der Waals surface area (Å²) >= 11 is 0. The fourth-order valence-corrected chi connectivity index (χ4v) is 1.76. The molecule has 90 valence electrons.